The average Bonchev–Trinajstić information content (AvgIpc) is 3.03. The van der Waals surface area contributed by atoms with E-state index in [1.54, 1.807) is 6.92 Å². The predicted octanol–water partition coefficient (Wildman–Crippen LogP) is 5.41. The number of halogens is 6. The fourth-order valence-corrected chi connectivity index (χ4v) is 3.56. The van der Waals surface area contributed by atoms with Crippen molar-refractivity contribution >= 4 is 21.4 Å². The smallest absolute Gasteiger partial charge is 0.334 e. The molecule has 0 amide bonds. The summed E-state index contributed by atoms with van der Waals surface area (Å²) < 4.78 is 91.6. The zero-order valence-corrected chi connectivity index (χ0v) is 16.4. The molecule has 1 aromatic heterocycles. The third kappa shape index (κ3) is 4.13. The maximum absolute atomic E-state index is 14.6. The Hall–Kier alpha value is -2.46. The van der Waals surface area contributed by atoms with Crippen molar-refractivity contribution < 1.29 is 30.4 Å². The van der Waals surface area contributed by atoms with E-state index in [2.05, 4.69) is 4.98 Å². The second kappa shape index (κ2) is 7.10. The molecule has 1 N–H and O–H groups in total. The molecule has 29 heavy (non-hydrogen) atoms. The third-order valence-electron chi connectivity index (χ3n) is 4.09. The lowest BCUT2D eigenvalue weighted by Crippen LogP contribution is -2.07. The standard InChI is InChI=1S/C18H12ClF5N2O2S/c1-8-5-9(3-4-11(8)19)15-16(26-17(25-15)18(22,23)24)10-6-13(21)14(7-12(10)20)29(2,27)28/h3-7H,1-2H3,(H,25,26). The van der Waals surface area contributed by atoms with Gasteiger partial charge in [0.15, 0.2) is 9.84 Å². The van der Waals surface area contributed by atoms with Gasteiger partial charge in [-0.05, 0) is 36.8 Å². The zero-order valence-electron chi connectivity index (χ0n) is 14.8. The summed E-state index contributed by atoms with van der Waals surface area (Å²) in [7, 11) is -4.08. The van der Waals surface area contributed by atoms with Gasteiger partial charge >= 0.3 is 6.18 Å². The number of imidazole rings is 1. The first-order valence-corrected chi connectivity index (χ1v) is 10.2. The second-order valence-electron chi connectivity index (χ2n) is 6.31. The number of alkyl halides is 3. The predicted molar refractivity (Wildman–Crippen MR) is 97.2 cm³/mol. The molecule has 0 saturated carbocycles. The van der Waals surface area contributed by atoms with Crippen molar-refractivity contribution in [3.8, 4) is 22.5 Å². The van der Waals surface area contributed by atoms with Gasteiger partial charge in [0.1, 0.15) is 16.5 Å². The minimum atomic E-state index is -4.88. The van der Waals surface area contributed by atoms with Crippen LogP contribution >= 0.6 is 11.6 Å². The van der Waals surface area contributed by atoms with Gasteiger partial charge in [-0.3, -0.25) is 0 Å². The van der Waals surface area contributed by atoms with E-state index in [9.17, 15) is 30.4 Å². The van der Waals surface area contributed by atoms with E-state index in [-0.39, 0.29) is 11.3 Å². The van der Waals surface area contributed by atoms with Crippen molar-refractivity contribution in [2.75, 3.05) is 6.26 Å². The lowest BCUT2D eigenvalue weighted by Gasteiger charge is -2.09. The number of nitrogens with zero attached hydrogens (tertiary/aromatic N) is 1. The molecule has 154 valence electrons. The minimum Gasteiger partial charge on any atom is -0.334 e. The highest BCUT2D eigenvalue weighted by Gasteiger charge is 2.36. The van der Waals surface area contributed by atoms with Crippen LogP contribution in [0.15, 0.2) is 35.2 Å². The van der Waals surface area contributed by atoms with E-state index in [1.807, 2.05) is 4.98 Å². The molecule has 0 fully saturated rings. The van der Waals surface area contributed by atoms with E-state index in [0.717, 1.165) is 0 Å². The zero-order chi connectivity index (χ0) is 21.7. The molecular weight excluding hydrogens is 439 g/mol. The van der Waals surface area contributed by atoms with E-state index >= 15 is 0 Å². The largest absolute Gasteiger partial charge is 0.449 e. The fraction of sp³-hybridized carbons (Fsp3) is 0.167. The summed E-state index contributed by atoms with van der Waals surface area (Å²) >= 11 is 5.93. The number of aromatic nitrogens is 2. The SMILES string of the molecule is Cc1cc(-c2nc(C(F)(F)F)[nH]c2-c2cc(F)c(S(C)(=O)=O)cc2F)ccc1Cl. The average molecular weight is 451 g/mol. The van der Waals surface area contributed by atoms with Gasteiger partial charge in [0, 0.05) is 22.4 Å². The Morgan fingerprint density at radius 1 is 1.07 bits per heavy atom. The van der Waals surface area contributed by atoms with E-state index in [0.29, 0.717) is 29.0 Å². The number of aryl methyl sites for hydroxylation is 1. The number of nitrogens with one attached hydrogen (secondary N) is 1. The van der Waals surface area contributed by atoms with Crippen molar-refractivity contribution in [2.45, 2.75) is 18.0 Å². The van der Waals surface area contributed by atoms with E-state index in [4.69, 9.17) is 11.6 Å². The van der Waals surface area contributed by atoms with Crippen molar-refractivity contribution in [3.63, 3.8) is 0 Å². The maximum atomic E-state index is 14.6. The van der Waals surface area contributed by atoms with Crippen LogP contribution in [0.4, 0.5) is 22.0 Å². The number of H-pyrrole nitrogens is 1. The van der Waals surface area contributed by atoms with Gasteiger partial charge < -0.3 is 4.98 Å². The topological polar surface area (TPSA) is 62.8 Å². The van der Waals surface area contributed by atoms with Crippen LogP contribution in [0.1, 0.15) is 11.4 Å². The summed E-state index contributed by atoms with van der Waals surface area (Å²) in [6.07, 6.45) is -4.19. The van der Waals surface area contributed by atoms with Gasteiger partial charge in [0.25, 0.3) is 0 Å². The molecule has 11 heteroatoms. The quantitative estimate of drug-likeness (QED) is 0.543. The summed E-state index contributed by atoms with van der Waals surface area (Å²) in [5, 5.41) is 0.358. The highest BCUT2D eigenvalue weighted by molar-refractivity contribution is 7.90. The first kappa shape index (κ1) is 21.3. The molecule has 2 aromatic carbocycles. The van der Waals surface area contributed by atoms with Crippen LogP contribution in [-0.2, 0) is 16.0 Å². The van der Waals surface area contributed by atoms with Crippen LogP contribution in [0.3, 0.4) is 0 Å². The first-order valence-electron chi connectivity index (χ1n) is 7.92. The summed E-state index contributed by atoms with van der Waals surface area (Å²) in [4.78, 5) is 4.58. The van der Waals surface area contributed by atoms with Crippen LogP contribution in [0, 0.1) is 18.6 Å². The normalized spacial score (nSPS) is 12.4. The molecular formula is C18H12ClF5N2O2S. The number of hydrogen-bond acceptors (Lipinski definition) is 3. The lowest BCUT2D eigenvalue weighted by molar-refractivity contribution is -0.144. The van der Waals surface area contributed by atoms with Gasteiger partial charge in [-0.15, -0.1) is 0 Å². The van der Waals surface area contributed by atoms with Crippen molar-refractivity contribution in [1.82, 2.24) is 9.97 Å². The first-order chi connectivity index (χ1) is 13.3. The maximum Gasteiger partial charge on any atom is 0.449 e. The Labute approximate surface area is 167 Å². The highest BCUT2D eigenvalue weighted by Crippen LogP contribution is 2.38. The molecule has 0 unspecified atom stereocenters. The van der Waals surface area contributed by atoms with Crippen molar-refractivity contribution in [1.29, 1.82) is 0 Å². The van der Waals surface area contributed by atoms with Gasteiger partial charge in [-0.25, -0.2) is 22.2 Å². The highest BCUT2D eigenvalue weighted by atomic mass is 35.5. The van der Waals surface area contributed by atoms with Gasteiger partial charge in [0.2, 0.25) is 5.82 Å². The number of rotatable bonds is 3. The molecule has 0 aliphatic rings. The monoisotopic (exact) mass is 450 g/mol. The van der Waals surface area contributed by atoms with Crippen LogP contribution in [0.25, 0.3) is 22.5 Å². The summed E-state index contributed by atoms with van der Waals surface area (Å²) in [5.74, 6) is -3.94. The summed E-state index contributed by atoms with van der Waals surface area (Å²) in [6, 6.07) is 5.20. The number of aromatic amines is 1. The summed E-state index contributed by atoms with van der Waals surface area (Å²) in [6.45, 7) is 1.62. The van der Waals surface area contributed by atoms with Crippen LogP contribution in [-0.4, -0.2) is 24.6 Å². The number of hydrogen-bond donors (Lipinski definition) is 1. The van der Waals surface area contributed by atoms with Gasteiger partial charge in [0.05, 0.1) is 11.4 Å². The Morgan fingerprint density at radius 2 is 1.72 bits per heavy atom. The van der Waals surface area contributed by atoms with Crippen LogP contribution in [0.5, 0.6) is 0 Å². The molecule has 1 heterocycles. The molecule has 0 radical (unpaired) electrons. The number of benzene rings is 2. The number of sulfone groups is 1. The fourth-order valence-electron chi connectivity index (χ4n) is 2.71. The lowest BCUT2D eigenvalue weighted by atomic mass is 10.0. The molecule has 4 nitrogen and oxygen atoms in total. The van der Waals surface area contributed by atoms with Gasteiger partial charge in [-0.2, -0.15) is 13.2 Å². The molecule has 0 atom stereocenters. The van der Waals surface area contributed by atoms with Crippen LogP contribution < -0.4 is 0 Å². The Kier molecular flexibility index (Phi) is 5.20. The minimum absolute atomic E-state index is 0.181. The molecule has 3 aromatic rings. The Balaban J connectivity index is 2.30. The Bertz CT molecular complexity index is 1220. The van der Waals surface area contributed by atoms with Crippen molar-refractivity contribution in [2.24, 2.45) is 0 Å². The molecule has 0 aliphatic heterocycles. The Morgan fingerprint density at radius 3 is 2.28 bits per heavy atom. The van der Waals surface area contributed by atoms with E-state index < -0.39 is 49.6 Å². The van der Waals surface area contributed by atoms with Crippen LogP contribution in [0.2, 0.25) is 5.02 Å². The van der Waals surface area contributed by atoms with Gasteiger partial charge in [-0.1, -0.05) is 17.7 Å². The molecule has 0 aliphatic carbocycles. The molecule has 0 bridgehead atoms. The molecule has 0 spiro atoms. The van der Waals surface area contributed by atoms with Crippen molar-refractivity contribution in [3.05, 3.63) is 58.4 Å². The second-order valence-corrected chi connectivity index (χ2v) is 8.70. The summed E-state index contributed by atoms with van der Waals surface area (Å²) in [5.41, 5.74) is -0.620. The molecule has 3 rings (SSSR count). The third-order valence-corrected chi connectivity index (χ3v) is 5.63. The molecule has 0 saturated heterocycles. The van der Waals surface area contributed by atoms with E-state index in [1.165, 1.54) is 18.2 Å².